The number of amides is 2. The molecule has 2 rings (SSSR count). The van der Waals surface area contributed by atoms with Crippen molar-refractivity contribution in [3.63, 3.8) is 0 Å². The summed E-state index contributed by atoms with van der Waals surface area (Å²) < 4.78 is 0. The van der Waals surface area contributed by atoms with Gasteiger partial charge in [-0.05, 0) is 37.6 Å². The maximum atomic E-state index is 12.1. The number of hydrogen-bond donors (Lipinski definition) is 1. The van der Waals surface area contributed by atoms with Gasteiger partial charge >= 0.3 is 0 Å². The molecule has 0 radical (unpaired) electrons. The van der Waals surface area contributed by atoms with Crippen LogP contribution in [-0.2, 0) is 9.59 Å². The average molecular weight is 342 g/mol. The van der Waals surface area contributed by atoms with Crippen molar-refractivity contribution in [2.75, 3.05) is 13.6 Å². The molecule has 1 aromatic carbocycles. The van der Waals surface area contributed by atoms with E-state index in [0.29, 0.717) is 0 Å². The summed E-state index contributed by atoms with van der Waals surface area (Å²) in [5.41, 5.74) is 1.16. The third kappa shape index (κ3) is 5.35. The van der Waals surface area contributed by atoms with Crippen LogP contribution in [0.4, 0.5) is 0 Å². The highest BCUT2D eigenvalue weighted by atomic mass is 32.1. The fourth-order valence-corrected chi connectivity index (χ4v) is 3.06. The van der Waals surface area contributed by atoms with Gasteiger partial charge in [0.05, 0.1) is 6.54 Å². The second kappa shape index (κ2) is 8.45. The number of nitrogens with one attached hydrogen (secondary N) is 1. The average Bonchev–Trinajstić information content (AvgIpc) is 3.01. The van der Waals surface area contributed by atoms with Gasteiger partial charge in [0.25, 0.3) is 0 Å². The van der Waals surface area contributed by atoms with Crippen LogP contribution in [0, 0.1) is 0 Å². The standard InChI is InChI=1S/C19H22N2O2S/c1-14(2)20-18(22)13-21(3)19(23)12-10-16-9-11-17(24-16)15-7-5-4-6-8-15/h4-12,14H,13H2,1-3H3,(H,20,22). The van der Waals surface area contributed by atoms with E-state index in [1.807, 2.05) is 44.2 Å². The van der Waals surface area contributed by atoms with Gasteiger partial charge in [0.1, 0.15) is 0 Å². The number of nitrogens with zero attached hydrogens (tertiary/aromatic N) is 1. The molecule has 0 bridgehead atoms. The molecule has 126 valence electrons. The normalized spacial score (nSPS) is 11.0. The van der Waals surface area contributed by atoms with E-state index in [0.717, 1.165) is 15.3 Å². The third-order valence-electron chi connectivity index (χ3n) is 3.28. The molecule has 0 aliphatic heterocycles. The molecule has 1 N–H and O–H groups in total. The summed E-state index contributed by atoms with van der Waals surface area (Å²) in [6, 6.07) is 14.2. The molecule has 1 aromatic heterocycles. The van der Waals surface area contributed by atoms with Crippen LogP contribution in [-0.4, -0.2) is 36.3 Å². The van der Waals surface area contributed by atoms with Gasteiger partial charge < -0.3 is 10.2 Å². The lowest BCUT2D eigenvalue weighted by Crippen LogP contribution is -2.40. The Morgan fingerprint density at radius 3 is 2.54 bits per heavy atom. The molecular weight excluding hydrogens is 320 g/mol. The van der Waals surface area contributed by atoms with E-state index in [9.17, 15) is 9.59 Å². The van der Waals surface area contributed by atoms with Gasteiger partial charge in [0.2, 0.25) is 11.8 Å². The summed E-state index contributed by atoms with van der Waals surface area (Å²) >= 11 is 1.63. The summed E-state index contributed by atoms with van der Waals surface area (Å²) in [5, 5.41) is 2.77. The summed E-state index contributed by atoms with van der Waals surface area (Å²) in [6.07, 6.45) is 3.29. The van der Waals surface area contributed by atoms with Gasteiger partial charge in [0, 0.05) is 28.9 Å². The number of carbonyl (C=O) groups is 2. The highest BCUT2D eigenvalue weighted by molar-refractivity contribution is 7.16. The third-order valence-corrected chi connectivity index (χ3v) is 4.38. The first-order valence-electron chi connectivity index (χ1n) is 7.83. The van der Waals surface area contributed by atoms with Gasteiger partial charge in [-0.1, -0.05) is 30.3 Å². The molecule has 0 saturated carbocycles. The molecular formula is C19H22N2O2S. The van der Waals surface area contributed by atoms with Crippen LogP contribution >= 0.6 is 11.3 Å². The Morgan fingerprint density at radius 2 is 1.88 bits per heavy atom. The van der Waals surface area contributed by atoms with Crippen molar-refractivity contribution >= 4 is 29.2 Å². The number of likely N-dealkylation sites (N-methyl/N-ethyl adjacent to an activating group) is 1. The first kappa shape index (κ1) is 17.9. The second-order valence-electron chi connectivity index (χ2n) is 5.82. The Morgan fingerprint density at radius 1 is 1.17 bits per heavy atom. The number of thiophene rings is 1. The Hall–Kier alpha value is -2.40. The Bertz CT molecular complexity index is 720. The van der Waals surface area contributed by atoms with E-state index in [2.05, 4.69) is 17.4 Å². The van der Waals surface area contributed by atoms with Crippen LogP contribution < -0.4 is 5.32 Å². The van der Waals surface area contributed by atoms with E-state index in [1.165, 1.54) is 11.0 Å². The number of rotatable bonds is 6. The molecule has 0 unspecified atom stereocenters. The van der Waals surface area contributed by atoms with E-state index in [1.54, 1.807) is 24.5 Å². The van der Waals surface area contributed by atoms with Crippen LogP contribution in [0.3, 0.4) is 0 Å². The molecule has 0 aliphatic carbocycles. The van der Waals surface area contributed by atoms with Crippen LogP contribution in [0.5, 0.6) is 0 Å². The lowest BCUT2D eigenvalue weighted by atomic mass is 10.2. The summed E-state index contributed by atoms with van der Waals surface area (Å²) in [6.45, 7) is 3.84. The minimum Gasteiger partial charge on any atom is -0.352 e. The zero-order valence-corrected chi connectivity index (χ0v) is 15.0. The molecule has 0 aliphatic rings. The molecule has 4 nitrogen and oxygen atoms in total. The molecule has 0 fully saturated rings. The van der Waals surface area contributed by atoms with Gasteiger partial charge in [-0.25, -0.2) is 0 Å². The van der Waals surface area contributed by atoms with Gasteiger partial charge in [0.15, 0.2) is 0 Å². The first-order chi connectivity index (χ1) is 11.5. The minimum atomic E-state index is -0.191. The molecule has 2 amide bonds. The zero-order valence-electron chi connectivity index (χ0n) is 14.2. The number of benzene rings is 1. The predicted octanol–water partition coefficient (Wildman–Crippen LogP) is 3.41. The molecule has 0 spiro atoms. The predicted molar refractivity (Wildman–Crippen MR) is 99.7 cm³/mol. The Labute approximate surface area is 146 Å². The van der Waals surface area contributed by atoms with Gasteiger partial charge in [-0.15, -0.1) is 11.3 Å². The highest BCUT2D eigenvalue weighted by Gasteiger charge is 2.11. The van der Waals surface area contributed by atoms with Gasteiger partial charge in [-0.2, -0.15) is 0 Å². The van der Waals surface area contributed by atoms with Gasteiger partial charge in [-0.3, -0.25) is 9.59 Å². The number of hydrogen-bond acceptors (Lipinski definition) is 3. The zero-order chi connectivity index (χ0) is 17.5. The van der Waals surface area contributed by atoms with Crippen LogP contribution in [0.15, 0.2) is 48.5 Å². The highest BCUT2D eigenvalue weighted by Crippen LogP contribution is 2.28. The fourth-order valence-electron chi connectivity index (χ4n) is 2.14. The molecule has 0 saturated heterocycles. The Balaban J connectivity index is 1.94. The van der Waals surface area contributed by atoms with E-state index < -0.39 is 0 Å². The van der Waals surface area contributed by atoms with Crippen molar-refractivity contribution in [1.29, 1.82) is 0 Å². The molecule has 0 atom stereocenters. The Kier molecular flexibility index (Phi) is 6.32. The maximum absolute atomic E-state index is 12.1. The van der Waals surface area contributed by atoms with Crippen LogP contribution in [0.2, 0.25) is 0 Å². The second-order valence-corrected chi connectivity index (χ2v) is 6.93. The fraction of sp³-hybridized carbons (Fsp3) is 0.263. The monoisotopic (exact) mass is 342 g/mol. The lowest BCUT2D eigenvalue weighted by molar-refractivity contribution is -0.131. The van der Waals surface area contributed by atoms with Crippen molar-refractivity contribution in [3.8, 4) is 10.4 Å². The largest absolute Gasteiger partial charge is 0.352 e. The summed E-state index contributed by atoms with van der Waals surface area (Å²) in [4.78, 5) is 27.3. The smallest absolute Gasteiger partial charge is 0.246 e. The van der Waals surface area contributed by atoms with Crippen LogP contribution in [0.25, 0.3) is 16.5 Å². The van der Waals surface area contributed by atoms with Crippen molar-refractivity contribution in [1.82, 2.24) is 10.2 Å². The van der Waals surface area contributed by atoms with E-state index in [-0.39, 0.29) is 24.4 Å². The van der Waals surface area contributed by atoms with Crippen molar-refractivity contribution in [2.45, 2.75) is 19.9 Å². The van der Waals surface area contributed by atoms with E-state index >= 15 is 0 Å². The topological polar surface area (TPSA) is 49.4 Å². The molecule has 2 aromatic rings. The molecule has 24 heavy (non-hydrogen) atoms. The van der Waals surface area contributed by atoms with Crippen molar-refractivity contribution in [3.05, 3.63) is 53.4 Å². The summed E-state index contributed by atoms with van der Waals surface area (Å²) in [7, 11) is 1.62. The molecule has 1 heterocycles. The summed E-state index contributed by atoms with van der Waals surface area (Å²) in [5.74, 6) is -0.347. The first-order valence-corrected chi connectivity index (χ1v) is 8.65. The molecule has 5 heteroatoms. The van der Waals surface area contributed by atoms with Crippen LogP contribution in [0.1, 0.15) is 18.7 Å². The SMILES string of the molecule is CC(C)NC(=O)CN(C)C(=O)C=Cc1ccc(-c2ccccc2)s1. The van der Waals surface area contributed by atoms with Crippen molar-refractivity contribution in [2.24, 2.45) is 0 Å². The minimum absolute atomic E-state index is 0.0566. The number of carbonyl (C=O) groups excluding carboxylic acids is 2. The maximum Gasteiger partial charge on any atom is 0.246 e. The lowest BCUT2D eigenvalue weighted by Gasteiger charge is -2.16. The van der Waals surface area contributed by atoms with E-state index in [4.69, 9.17) is 0 Å². The quantitative estimate of drug-likeness (QED) is 0.818. The van der Waals surface area contributed by atoms with Crippen molar-refractivity contribution < 1.29 is 9.59 Å².